The Hall–Kier alpha value is -2.02. The minimum atomic E-state index is 0.640. The molecule has 1 aliphatic heterocycles. The molecule has 1 aliphatic rings. The van der Waals surface area contributed by atoms with E-state index in [1.54, 1.807) is 0 Å². The molecule has 28 heavy (non-hydrogen) atoms. The first-order chi connectivity index (χ1) is 13.6. The fraction of sp³-hybridized carbons (Fsp3) is 0.381. The zero-order valence-corrected chi connectivity index (χ0v) is 17.7. The number of benzene rings is 2. The molecule has 7 heteroatoms. The van der Waals surface area contributed by atoms with E-state index in [0.29, 0.717) is 11.7 Å². The zero-order valence-electron chi connectivity index (χ0n) is 16.2. The maximum absolute atomic E-state index is 6.10. The molecule has 0 saturated carbocycles. The number of hydrogen-bond acceptors (Lipinski definition) is 4. The number of halogens is 1. The van der Waals surface area contributed by atoms with Crippen LogP contribution >= 0.6 is 23.8 Å². The molecule has 0 radical (unpaired) electrons. The number of hydrogen-bond donors (Lipinski definition) is 2. The Labute approximate surface area is 177 Å². The summed E-state index contributed by atoms with van der Waals surface area (Å²) >= 11 is 11.5. The van der Waals surface area contributed by atoms with E-state index < -0.39 is 0 Å². The van der Waals surface area contributed by atoms with Crippen molar-refractivity contribution in [2.45, 2.75) is 6.92 Å². The molecule has 150 valence electrons. The highest BCUT2D eigenvalue weighted by Crippen LogP contribution is 2.20. The molecule has 2 aromatic rings. The third-order valence-electron chi connectivity index (χ3n) is 4.68. The summed E-state index contributed by atoms with van der Waals surface area (Å²) in [6.45, 7) is 8.52. The van der Waals surface area contributed by atoms with Crippen LogP contribution in [0.3, 0.4) is 0 Å². The Morgan fingerprint density at radius 1 is 1.11 bits per heavy atom. The van der Waals surface area contributed by atoms with Crippen LogP contribution in [-0.2, 0) is 0 Å². The summed E-state index contributed by atoms with van der Waals surface area (Å²) in [6.07, 6.45) is 0. The van der Waals surface area contributed by atoms with Gasteiger partial charge in [-0.1, -0.05) is 17.7 Å². The highest BCUT2D eigenvalue weighted by Gasteiger charge is 2.17. The van der Waals surface area contributed by atoms with Gasteiger partial charge >= 0.3 is 0 Å². The van der Waals surface area contributed by atoms with Gasteiger partial charge in [-0.2, -0.15) is 0 Å². The molecule has 0 unspecified atom stereocenters. The Bertz CT molecular complexity index is 763. The summed E-state index contributed by atoms with van der Waals surface area (Å²) in [6, 6.07) is 15.9. The molecule has 1 heterocycles. The van der Waals surface area contributed by atoms with Gasteiger partial charge in [0.25, 0.3) is 0 Å². The molecule has 2 N–H and O–H groups in total. The summed E-state index contributed by atoms with van der Waals surface area (Å²) in [5, 5.41) is 7.92. The van der Waals surface area contributed by atoms with Crippen LogP contribution in [0.15, 0.2) is 48.5 Å². The summed E-state index contributed by atoms with van der Waals surface area (Å²) in [5.74, 6) is 0.865. The van der Waals surface area contributed by atoms with Gasteiger partial charge < -0.3 is 20.3 Å². The third kappa shape index (κ3) is 6.26. The zero-order chi connectivity index (χ0) is 19.8. The van der Waals surface area contributed by atoms with Gasteiger partial charge in [0, 0.05) is 55.7 Å². The molecule has 0 amide bonds. The van der Waals surface area contributed by atoms with Crippen LogP contribution in [0.4, 0.5) is 11.4 Å². The van der Waals surface area contributed by atoms with Crippen LogP contribution in [0.25, 0.3) is 0 Å². The van der Waals surface area contributed by atoms with E-state index in [2.05, 4.69) is 26.5 Å². The molecule has 5 nitrogen and oxygen atoms in total. The van der Waals surface area contributed by atoms with Crippen molar-refractivity contribution in [3.05, 3.63) is 53.6 Å². The van der Waals surface area contributed by atoms with E-state index >= 15 is 0 Å². The lowest BCUT2D eigenvalue weighted by Gasteiger charge is -2.36. The molecule has 2 aromatic carbocycles. The summed E-state index contributed by atoms with van der Waals surface area (Å²) in [4.78, 5) is 4.83. The monoisotopic (exact) mass is 418 g/mol. The third-order valence-corrected chi connectivity index (χ3v) is 5.16. The van der Waals surface area contributed by atoms with E-state index in [-0.39, 0.29) is 0 Å². The quantitative estimate of drug-likeness (QED) is 0.665. The number of rotatable bonds is 7. The van der Waals surface area contributed by atoms with Crippen molar-refractivity contribution in [2.75, 3.05) is 56.1 Å². The van der Waals surface area contributed by atoms with Crippen LogP contribution in [0.2, 0.25) is 5.02 Å². The smallest absolute Gasteiger partial charge is 0.170 e. The topological polar surface area (TPSA) is 39.8 Å². The van der Waals surface area contributed by atoms with Gasteiger partial charge in [-0.25, -0.2) is 0 Å². The first-order valence-corrected chi connectivity index (χ1v) is 10.4. The predicted molar refractivity (Wildman–Crippen MR) is 122 cm³/mol. The van der Waals surface area contributed by atoms with E-state index in [0.717, 1.165) is 55.7 Å². The number of nitrogens with zero attached hydrogens (tertiary/aromatic N) is 2. The average Bonchev–Trinajstić information content (AvgIpc) is 2.70. The number of nitrogens with one attached hydrogen (secondary N) is 2. The molecule has 3 rings (SSSR count). The lowest BCUT2D eigenvalue weighted by atomic mass is 10.2. The highest BCUT2D eigenvalue weighted by atomic mass is 35.5. The molecule has 0 aromatic heterocycles. The number of piperazine rings is 1. The van der Waals surface area contributed by atoms with Gasteiger partial charge in [-0.05, 0) is 61.6 Å². The van der Waals surface area contributed by atoms with Crippen LogP contribution < -0.4 is 20.3 Å². The number of anilines is 2. The second kappa shape index (κ2) is 10.5. The molecule has 0 atom stereocenters. The number of ether oxygens (including phenoxy) is 1. The van der Waals surface area contributed by atoms with E-state index in [4.69, 9.17) is 28.6 Å². The minimum Gasteiger partial charge on any atom is -0.494 e. The first kappa shape index (κ1) is 20.7. The average molecular weight is 419 g/mol. The van der Waals surface area contributed by atoms with Crippen molar-refractivity contribution < 1.29 is 4.74 Å². The van der Waals surface area contributed by atoms with Crippen LogP contribution in [0.1, 0.15) is 6.92 Å². The fourth-order valence-corrected chi connectivity index (χ4v) is 3.61. The van der Waals surface area contributed by atoms with Gasteiger partial charge in [-0.3, -0.25) is 4.90 Å². The predicted octanol–water partition coefficient (Wildman–Crippen LogP) is 3.85. The Balaban J connectivity index is 1.34. The Morgan fingerprint density at radius 2 is 1.86 bits per heavy atom. The van der Waals surface area contributed by atoms with Gasteiger partial charge in [0.2, 0.25) is 0 Å². The normalized spacial score (nSPS) is 14.6. The fourth-order valence-electron chi connectivity index (χ4n) is 3.21. The van der Waals surface area contributed by atoms with Crippen molar-refractivity contribution in [3.8, 4) is 5.75 Å². The van der Waals surface area contributed by atoms with Crippen molar-refractivity contribution in [1.82, 2.24) is 10.2 Å². The van der Waals surface area contributed by atoms with Crippen molar-refractivity contribution in [2.24, 2.45) is 0 Å². The van der Waals surface area contributed by atoms with E-state index in [1.165, 1.54) is 5.69 Å². The molecular weight excluding hydrogens is 392 g/mol. The van der Waals surface area contributed by atoms with Crippen LogP contribution in [-0.4, -0.2) is 55.9 Å². The second-order valence-corrected chi connectivity index (χ2v) is 7.49. The summed E-state index contributed by atoms with van der Waals surface area (Å²) in [7, 11) is 0. The van der Waals surface area contributed by atoms with Crippen molar-refractivity contribution in [3.63, 3.8) is 0 Å². The molecule has 0 aliphatic carbocycles. The summed E-state index contributed by atoms with van der Waals surface area (Å²) in [5.41, 5.74) is 2.15. The molecule has 0 spiro atoms. The maximum Gasteiger partial charge on any atom is 0.170 e. The lowest BCUT2D eigenvalue weighted by molar-refractivity contribution is 0.262. The molecule has 1 saturated heterocycles. The second-order valence-electron chi connectivity index (χ2n) is 6.65. The molecule has 0 bridgehead atoms. The minimum absolute atomic E-state index is 0.640. The molecule has 1 fully saturated rings. The highest BCUT2D eigenvalue weighted by molar-refractivity contribution is 7.80. The maximum atomic E-state index is 6.10. The van der Waals surface area contributed by atoms with Crippen LogP contribution in [0, 0.1) is 0 Å². The summed E-state index contributed by atoms with van der Waals surface area (Å²) < 4.78 is 5.45. The van der Waals surface area contributed by atoms with Crippen molar-refractivity contribution in [1.29, 1.82) is 0 Å². The molecular formula is C21H27ClN4OS. The van der Waals surface area contributed by atoms with Crippen molar-refractivity contribution >= 4 is 40.3 Å². The Kier molecular flexibility index (Phi) is 7.77. The van der Waals surface area contributed by atoms with Crippen LogP contribution in [0.5, 0.6) is 5.75 Å². The van der Waals surface area contributed by atoms with E-state index in [1.807, 2.05) is 49.4 Å². The SMILES string of the molecule is CCOc1ccc(NC(=S)NCCN2CCN(c3cccc(Cl)c3)CC2)cc1. The number of thiocarbonyl (C=S) groups is 1. The van der Waals surface area contributed by atoms with E-state index in [9.17, 15) is 0 Å². The lowest BCUT2D eigenvalue weighted by Crippen LogP contribution is -2.48. The van der Waals surface area contributed by atoms with Gasteiger partial charge in [-0.15, -0.1) is 0 Å². The van der Waals surface area contributed by atoms with Gasteiger partial charge in [0.15, 0.2) is 5.11 Å². The largest absolute Gasteiger partial charge is 0.494 e. The van der Waals surface area contributed by atoms with Gasteiger partial charge in [0.05, 0.1) is 6.61 Å². The standard InChI is InChI=1S/C21H27ClN4OS/c1-2-27-20-8-6-18(7-9-20)24-21(28)23-10-11-25-12-14-26(15-13-25)19-5-3-4-17(22)16-19/h3-9,16H,2,10-15H2,1H3,(H2,23,24,28). The Morgan fingerprint density at radius 3 is 2.54 bits per heavy atom. The first-order valence-electron chi connectivity index (χ1n) is 9.64. The van der Waals surface area contributed by atoms with Gasteiger partial charge in [0.1, 0.15) is 5.75 Å².